The number of nitrogens with zero attached hydrogens (tertiary/aromatic N) is 2. The van der Waals surface area contributed by atoms with Gasteiger partial charge in [-0.05, 0) is 39.8 Å². The van der Waals surface area contributed by atoms with Crippen molar-refractivity contribution in [2.45, 2.75) is 38.3 Å². The Morgan fingerprint density at radius 3 is 2.79 bits per heavy atom. The molecule has 2 N–H and O–H groups in total. The minimum atomic E-state index is -0.499. The molecule has 1 fully saturated rings. The highest BCUT2D eigenvalue weighted by molar-refractivity contribution is 5.69. The van der Waals surface area contributed by atoms with Gasteiger partial charge in [-0.25, -0.2) is 4.79 Å². The van der Waals surface area contributed by atoms with Crippen LogP contribution in [0.3, 0.4) is 0 Å². The van der Waals surface area contributed by atoms with E-state index < -0.39 is 17.2 Å². The Balaban J connectivity index is 2.15. The molecule has 1 amide bonds. The first-order valence-corrected chi connectivity index (χ1v) is 6.53. The number of ether oxygens (including phenoxy) is 1. The van der Waals surface area contributed by atoms with Gasteiger partial charge in [0, 0.05) is 19.8 Å². The molecule has 0 aliphatic carbocycles. The number of hydrogen-bond donors (Lipinski definition) is 2. The number of alkyl carbamates (subject to hydrolysis) is 1. The topological polar surface area (TPSA) is 68.2 Å². The first-order chi connectivity index (χ1) is 8.81. The summed E-state index contributed by atoms with van der Waals surface area (Å²) in [6.07, 6.45) is 2.29. The van der Waals surface area contributed by atoms with Gasteiger partial charge in [0.25, 0.3) is 0 Å². The minimum absolute atomic E-state index is 0.401. The molecule has 0 aromatic carbocycles. The molecular formula is C13H22N4O2. The van der Waals surface area contributed by atoms with Crippen molar-refractivity contribution in [3.05, 3.63) is 18.0 Å². The van der Waals surface area contributed by atoms with E-state index in [1.54, 1.807) is 4.68 Å². The quantitative estimate of drug-likeness (QED) is 0.842. The number of amides is 1. The average Bonchev–Trinajstić information content (AvgIpc) is 2.84. The second-order valence-corrected chi connectivity index (χ2v) is 6.01. The van der Waals surface area contributed by atoms with Crippen LogP contribution in [0.1, 0.15) is 32.9 Å². The smallest absolute Gasteiger partial charge is 0.408 e. The van der Waals surface area contributed by atoms with Gasteiger partial charge >= 0.3 is 6.09 Å². The first kappa shape index (κ1) is 13.9. The number of hydrogen-bond acceptors (Lipinski definition) is 4. The lowest BCUT2D eigenvalue weighted by Gasteiger charge is -2.29. The highest BCUT2D eigenvalue weighted by Crippen LogP contribution is 2.27. The number of aromatic nitrogens is 2. The molecule has 2 heterocycles. The Kier molecular flexibility index (Phi) is 3.54. The van der Waals surface area contributed by atoms with Gasteiger partial charge in [-0.2, -0.15) is 5.10 Å². The predicted molar refractivity (Wildman–Crippen MR) is 71.7 cm³/mol. The Hall–Kier alpha value is -1.56. The molecule has 2 rings (SSSR count). The molecule has 1 atom stereocenters. The molecule has 6 nitrogen and oxygen atoms in total. The summed E-state index contributed by atoms with van der Waals surface area (Å²) in [4.78, 5) is 12.0. The van der Waals surface area contributed by atoms with Crippen LogP contribution in [-0.2, 0) is 17.3 Å². The third-order valence-corrected chi connectivity index (χ3v) is 3.10. The minimum Gasteiger partial charge on any atom is -0.444 e. The number of nitrogens with one attached hydrogen (secondary N) is 2. The summed E-state index contributed by atoms with van der Waals surface area (Å²) in [5.41, 5.74) is -0.101. The Labute approximate surface area is 113 Å². The van der Waals surface area contributed by atoms with Gasteiger partial charge in [0.1, 0.15) is 11.1 Å². The largest absolute Gasteiger partial charge is 0.444 e. The molecule has 0 radical (unpaired) electrons. The van der Waals surface area contributed by atoms with E-state index >= 15 is 0 Å². The van der Waals surface area contributed by atoms with Gasteiger partial charge in [-0.1, -0.05) is 0 Å². The summed E-state index contributed by atoms with van der Waals surface area (Å²) in [6.45, 7) is 7.09. The maximum absolute atomic E-state index is 12.0. The number of aryl methyl sites for hydroxylation is 1. The van der Waals surface area contributed by atoms with Gasteiger partial charge < -0.3 is 15.4 Å². The second-order valence-electron chi connectivity index (χ2n) is 6.01. The van der Waals surface area contributed by atoms with Crippen molar-refractivity contribution in [3.63, 3.8) is 0 Å². The van der Waals surface area contributed by atoms with Crippen molar-refractivity contribution in [3.8, 4) is 0 Å². The van der Waals surface area contributed by atoms with Crippen LogP contribution in [0.15, 0.2) is 12.3 Å². The van der Waals surface area contributed by atoms with Crippen LogP contribution in [0.25, 0.3) is 0 Å². The summed E-state index contributed by atoms with van der Waals surface area (Å²) < 4.78 is 7.08. The molecule has 1 aliphatic heterocycles. The van der Waals surface area contributed by atoms with Crippen LogP contribution in [0, 0.1) is 0 Å². The zero-order valence-corrected chi connectivity index (χ0v) is 12.0. The van der Waals surface area contributed by atoms with Crippen LogP contribution in [0.2, 0.25) is 0 Å². The van der Waals surface area contributed by atoms with Crippen LogP contribution in [-0.4, -0.2) is 34.6 Å². The Bertz CT molecular complexity index is 455. The normalized spacial score (nSPS) is 23.4. The second kappa shape index (κ2) is 4.85. The van der Waals surface area contributed by atoms with Gasteiger partial charge in [0.15, 0.2) is 0 Å². The highest BCUT2D eigenvalue weighted by atomic mass is 16.6. The molecular weight excluding hydrogens is 244 g/mol. The summed E-state index contributed by atoms with van der Waals surface area (Å²) in [7, 11) is 1.87. The third kappa shape index (κ3) is 3.26. The molecule has 106 valence electrons. The fraction of sp³-hybridized carbons (Fsp3) is 0.692. The SMILES string of the molecule is Cn1ccc(C2(NC(=O)OC(C)(C)C)CCNC2)n1. The first-order valence-electron chi connectivity index (χ1n) is 6.53. The fourth-order valence-corrected chi connectivity index (χ4v) is 2.25. The monoisotopic (exact) mass is 266 g/mol. The van der Waals surface area contributed by atoms with Crippen molar-refractivity contribution < 1.29 is 9.53 Å². The van der Waals surface area contributed by atoms with E-state index in [9.17, 15) is 4.79 Å². The standard InChI is InChI=1S/C13H22N4O2/c1-12(2,3)19-11(18)15-13(6-7-14-9-13)10-5-8-17(4)16-10/h5,8,14H,6-7,9H2,1-4H3,(H,15,18). The summed E-state index contributed by atoms with van der Waals surface area (Å²) in [6, 6.07) is 1.93. The third-order valence-electron chi connectivity index (χ3n) is 3.10. The van der Waals surface area contributed by atoms with Crippen molar-refractivity contribution in [1.82, 2.24) is 20.4 Å². The lowest BCUT2D eigenvalue weighted by Crippen LogP contribution is -2.49. The molecule has 1 aromatic rings. The van der Waals surface area contributed by atoms with Crippen molar-refractivity contribution in [2.24, 2.45) is 7.05 Å². The Morgan fingerprint density at radius 2 is 2.32 bits per heavy atom. The van der Waals surface area contributed by atoms with Crippen molar-refractivity contribution in [2.75, 3.05) is 13.1 Å². The fourth-order valence-electron chi connectivity index (χ4n) is 2.25. The summed E-state index contributed by atoms with van der Waals surface area (Å²) in [5.74, 6) is 0. The lowest BCUT2D eigenvalue weighted by atomic mass is 9.94. The van der Waals surface area contributed by atoms with Crippen LogP contribution < -0.4 is 10.6 Å². The molecule has 1 unspecified atom stereocenters. The molecule has 1 saturated heterocycles. The zero-order chi connectivity index (χ0) is 14.1. The molecule has 1 aliphatic rings. The lowest BCUT2D eigenvalue weighted by molar-refractivity contribution is 0.0458. The van der Waals surface area contributed by atoms with E-state index in [4.69, 9.17) is 4.74 Å². The average molecular weight is 266 g/mol. The molecule has 0 spiro atoms. The van der Waals surface area contributed by atoms with E-state index in [1.807, 2.05) is 40.1 Å². The van der Waals surface area contributed by atoms with Crippen LogP contribution in [0.5, 0.6) is 0 Å². The van der Waals surface area contributed by atoms with E-state index in [0.29, 0.717) is 6.54 Å². The summed E-state index contributed by atoms with van der Waals surface area (Å²) in [5, 5.41) is 10.7. The molecule has 19 heavy (non-hydrogen) atoms. The Morgan fingerprint density at radius 1 is 1.58 bits per heavy atom. The van der Waals surface area contributed by atoms with E-state index in [2.05, 4.69) is 15.7 Å². The predicted octanol–water partition coefficient (Wildman–Crippen LogP) is 1.13. The van der Waals surface area contributed by atoms with Gasteiger partial charge in [-0.3, -0.25) is 4.68 Å². The number of carbonyl (C=O) groups is 1. The number of carbonyl (C=O) groups excluding carboxylic acids is 1. The molecule has 6 heteroatoms. The maximum atomic E-state index is 12.0. The number of rotatable bonds is 2. The zero-order valence-electron chi connectivity index (χ0n) is 12.0. The van der Waals surface area contributed by atoms with Crippen LogP contribution >= 0.6 is 0 Å². The van der Waals surface area contributed by atoms with Crippen LogP contribution in [0.4, 0.5) is 4.79 Å². The van der Waals surface area contributed by atoms with E-state index in [1.165, 1.54) is 0 Å². The molecule has 0 bridgehead atoms. The maximum Gasteiger partial charge on any atom is 0.408 e. The van der Waals surface area contributed by atoms with Gasteiger partial charge in [0.05, 0.1) is 5.69 Å². The summed E-state index contributed by atoms with van der Waals surface area (Å²) >= 11 is 0. The molecule has 0 saturated carbocycles. The van der Waals surface area contributed by atoms with E-state index in [0.717, 1.165) is 18.7 Å². The molecule has 1 aromatic heterocycles. The van der Waals surface area contributed by atoms with Crippen molar-refractivity contribution in [1.29, 1.82) is 0 Å². The van der Waals surface area contributed by atoms with Gasteiger partial charge in [0.2, 0.25) is 0 Å². The van der Waals surface area contributed by atoms with Gasteiger partial charge in [-0.15, -0.1) is 0 Å². The highest BCUT2D eigenvalue weighted by Gasteiger charge is 2.40. The van der Waals surface area contributed by atoms with Crippen molar-refractivity contribution >= 4 is 6.09 Å². The van der Waals surface area contributed by atoms with E-state index in [-0.39, 0.29) is 0 Å².